The number of hydrogen-bond donors (Lipinski definition) is 1. The normalized spacial score (nSPS) is 25.3. The molecule has 0 saturated heterocycles. The van der Waals surface area contributed by atoms with E-state index < -0.39 is 0 Å². The molecule has 3 heteroatoms. The van der Waals surface area contributed by atoms with Crippen LogP contribution >= 0.6 is 0 Å². The first-order chi connectivity index (χ1) is 8.22. The van der Waals surface area contributed by atoms with Gasteiger partial charge in [0.15, 0.2) is 0 Å². The van der Waals surface area contributed by atoms with Gasteiger partial charge in [0.05, 0.1) is 11.0 Å². The molecule has 1 aromatic heterocycles. The Balaban J connectivity index is 1.90. The Morgan fingerprint density at radius 2 is 2.00 bits per heavy atom. The van der Waals surface area contributed by atoms with E-state index in [1.165, 1.54) is 37.8 Å². The van der Waals surface area contributed by atoms with E-state index in [0.29, 0.717) is 5.92 Å². The van der Waals surface area contributed by atoms with Gasteiger partial charge in [-0.25, -0.2) is 9.37 Å². The van der Waals surface area contributed by atoms with Crippen LogP contribution in [0.4, 0.5) is 4.39 Å². The second kappa shape index (κ2) is 4.13. The van der Waals surface area contributed by atoms with Gasteiger partial charge in [0.1, 0.15) is 11.6 Å². The third-order valence-electron chi connectivity index (χ3n) is 3.86. The maximum atomic E-state index is 13.1. The number of halogens is 1. The van der Waals surface area contributed by atoms with E-state index >= 15 is 0 Å². The number of imidazole rings is 1. The number of benzene rings is 1. The largest absolute Gasteiger partial charge is 0.342 e. The zero-order valence-electron chi connectivity index (χ0n) is 10.0. The van der Waals surface area contributed by atoms with Crippen molar-refractivity contribution in [2.45, 2.75) is 38.5 Å². The Morgan fingerprint density at radius 1 is 1.24 bits per heavy atom. The van der Waals surface area contributed by atoms with Crippen LogP contribution in [0.15, 0.2) is 18.2 Å². The fraction of sp³-hybridized carbons (Fsp3) is 0.500. The minimum Gasteiger partial charge on any atom is -0.342 e. The highest BCUT2D eigenvalue weighted by Gasteiger charge is 2.22. The maximum absolute atomic E-state index is 13.1. The molecular formula is C14H17FN2. The van der Waals surface area contributed by atoms with Crippen molar-refractivity contribution >= 4 is 11.0 Å². The first-order valence-corrected chi connectivity index (χ1v) is 6.37. The van der Waals surface area contributed by atoms with E-state index in [-0.39, 0.29) is 5.82 Å². The van der Waals surface area contributed by atoms with Crippen molar-refractivity contribution in [3.63, 3.8) is 0 Å². The van der Waals surface area contributed by atoms with Crippen molar-refractivity contribution < 1.29 is 4.39 Å². The highest BCUT2D eigenvalue weighted by Crippen LogP contribution is 2.34. The highest BCUT2D eigenvalue weighted by molar-refractivity contribution is 5.75. The summed E-state index contributed by atoms with van der Waals surface area (Å²) in [6, 6.07) is 4.74. The number of nitrogens with one attached hydrogen (secondary N) is 1. The number of aromatic nitrogens is 2. The lowest BCUT2D eigenvalue weighted by molar-refractivity contribution is 0.341. The van der Waals surface area contributed by atoms with Gasteiger partial charge in [0, 0.05) is 5.92 Å². The van der Waals surface area contributed by atoms with Crippen LogP contribution in [0.2, 0.25) is 0 Å². The van der Waals surface area contributed by atoms with Gasteiger partial charge >= 0.3 is 0 Å². The molecule has 2 nitrogen and oxygen atoms in total. The summed E-state index contributed by atoms with van der Waals surface area (Å²) in [6.07, 6.45) is 4.94. The summed E-state index contributed by atoms with van der Waals surface area (Å²) in [4.78, 5) is 7.85. The molecule has 90 valence electrons. The van der Waals surface area contributed by atoms with Crippen molar-refractivity contribution in [2.24, 2.45) is 5.92 Å². The number of H-pyrrole nitrogens is 1. The molecule has 1 fully saturated rings. The quantitative estimate of drug-likeness (QED) is 0.791. The predicted octanol–water partition coefficient (Wildman–Crippen LogP) is 4.00. The topological polar surface area (TPSA) is 28.7 Å². The molecule has 0 unspecified atom stereocenters. The van der Waals surface area contributed by atoms with Gasteiger partial charge in [-0.2, -0.15) is 0 Å². The fourth-order valence-corrected chi connectivity index (χ4v) is 2.73. The van der Waals surface area contributed by atoms with Crippen LogP contribution in [0.25, 0.3) is 11.0 Å². The zero-order valence-corrected chi connectivity index (χ0v) is 10.0. The van der Waals surface area contributed by atoms with Gasteiger partial charge in [-0.15, -0.1) is 0 Å². The summed E-state index contributed by atoms with van der Waals surface area (Å²) in [5.74, 6) is 2.21. The molecule has 17 heavy (non-hydrogen) atoms. The van der Waals surface area contributed by atoms with Gasteiger partial charge in [-0.1, -0.05) is 19.8 Å². The van der Waals surface area contributed by atoms with Crippen molar-refractivity contribution in [1.82, 2.24) is 9.97 Å². The summed E-state index contributed by atoms with van der Waals surface area (Å²) < 4.78 is 13.1. The highest BCUT2D eigenvalue weighted by atomic mass is 19.1. The minimum atomic E-state index is -0.204. The smallest absolute Gasteiger partial charge is 0.125 e. The molecule has 1 heterocycles. The summed E-state index contributed by atoms with van der Waals surface area (Å²) in [7, 11) is 0. The average molecular weight is 232 g/mol. The third-order valence-corrected chi connectivity index (χ3v) is 3.86. The first kappa shape index (κ1) is 10.8. The van der Waals surface area contributed by atoms with Gasteiger partial charge < -0.3 is 4.98 Å². The maximum Gasteiger partial charge on any atom is 0.125 e. The van der Waals surface area contributed by atoms with E-state index in [4.69, 9.17) is 0 Å². The molecule has 0 aliphatic heterocycles. The third kappa shape index (κ3) is 2.06. The summed E-state index contributed by atoms with van der Waals surface area (Å²) in [6.45, 7) is 2.31. The Hall–Kier alpha value is -1.38. The molecule has 1 aromatic carbocycles. The lowest BCUT2D eigenvalue weighted by atomic mass is 9.83. The molecule has 0 atom stereocenters. The molecule has 1 aliphatic carbocycles. The van der Waals surface area contributed by atoms with Gasteiger partial charge in [-0.3, -0.25) is 0 Å². The number of hydrogen-bond acceptors (Lipinski definition) is 1. The van der Waals surface area contributed by atoms with Crippen molar-refractivity contribution in [2.75, 3.05) is 0 Å². The van der Waals surface area contributed by atoms with Crippen LogP contribution in [-0.4, -0.2) is 9.97 Å². The fourth-order valence-electron chi connectivity index (χ4n) is 2.73. The Bertz CT molecular complexity index is 524. The summed E-state index contributed by atoms with van der Waals surface area (Å²) >= 11 is 0. The lowest BCUT2D eigenvalue weighted by Gasteiger charge is -2.24. The molecule has 3 rings (SSSR count). The predicted molar refractivity (Wildman–Crippen MR) is 66.4 cm³/mol. The standard InChI is InChI=1S/C14H17FN2/c1-9-2-4-10(5-3-9)14-16-12-7-6-11(15)8-13(12)17-14/h6-10H,2-5H2,1H3,(H,16,17). The van der Waals surface area contributed by atoms with Crippen LogP contribution in [-0.2, 0) is 0 Å². The molecule has 0 radical (unpaired) electrons. The summed E-state index contributed by atoms with van der Waals surface area (Å²) in [5.41, 5.74) is 1.69. The minimum absolute atomic E-state index is 0.204. The van der Waals surface area contributed by atoms with Crippen LogP contribution < -0.4 is 0 Å². The monoisotopic (exact) mass is 232 g/mol. The SMILES string of the molecule is CC1CCC(c2nc3ccc(F)cc3[nH]2)CC1. The molecule has 0 bridgehead atoms. The second-order valence-electron chi connectivity index (χ2n) is 5.24. The summed E-state index contributed by atoms with van der Waals surface area (Å²) in [5, 5.41) is 0. The van der Waals surface area contributed by atoms with E-state index in [1.807, 2.05) is 0 Å². The molecular weight excluding hydrogens is 215 g/mol. The Kier molecular flexibility index (Phi) is 2.61. The van der Waals surface area contributed by atoms with Gasteiger partial charge in [0.2, 0.25) is 0 Å². The van der Waals surface area contributed by atoms with Crippen LogP contribution in [0, 0.1) is 11.7 Å². The van der Waals surface area contributed by atoms with Crippen LogP contribution in [0.1, 0.15) is 44.3 Å². The van der Waals surface area contributed by atoms with Crippen LogP contribution in [0.5, 0.6) is 0 Å². The zero-order chi connectivity index (χ0) is 11.8. The molecule has 2 aromatic rings. The number of fused-ring (bicyclic) bond motifs is 1. The van der Waals surface area contributed by atoms with Crippen molar-refractivity contribution in [3.05, 3.63) is 29.8 Å². The van der Waals surface area contributed by atoms with Gasteiger partial charge in [-0.05, 0) is 37.0 Å². The van der Waals surface area contributed by atoms with E-state index in [9.17, 15) is 4.39 Å². The first-order valence-electron chi connectivity index (χ1n) is 6.37. The van der Waals surface area contributed by atoms with E-state index in [0.717, 1.165) is 22.8 Å². The number of nitrogens with zero attached hydrogens (tertiary/aromatic N) is 1. The van der Waals surface area contributed by atoms with Crippen LogP contribution in [0.3, 0.4) is 0 Å². The Morgan fingerprint density at radius 3 is 2.76 bits per heavy atom. The van der Waals surface area contributed by atoms with Crippen molar-refractivity contribution in [3.8, 4) is 0 Å². The molecule has 1 aliphatic rings. The van der Waals surface area contributed by atoms with Crippen molar-refractivity contribution in [1.29, 1.82) is 0 Å². The lowest BCUT2D eigenvalue weighted by Crippen LogP contribution is -2.11. The van der Waals surface area contributed by atoms with E-state index in [2.05, 4.69) is 16.9 Å². The molecule has 0 amide bonds. The molecule has 0 spiro atoms. The number of aromatic amines is 1. The van der Waals surface area contributed by atoms with Gasteiger partial charge in [0.25, 0.3) is 0 Å². The van der Waals surface area contributed by atoms with E-state index in [1.54, 1.807) is 6.07 Å². The molecule has 1 N–H and O–H groups in total. The Labute approximate surface area is 100 Å². The average Bonchev–Trinajstić information content (AvgIpc) is 2.72. The second-order valence-corrected chi connectivity index (χ2v) is 5.24. The molecule has 1 saturated carbocycles. The number of rotatable bonds is 1.